The summed E-state index contributed by atoms with van der Waals surface area (Å²) < 4.78 is 0.940. The monoisotopic (exact) mass is 294 g/mol. The first-order valence-corrected chi connectivity index (χ1v) is 6.56. The molecular formula is C13H11BrOS. The first-order chi connectivity index (χ1) is 7.58. The van der Waals surface area contributed by atoms with Gasteiger partial charge in [-0.3, -0.25) is 4.79 Å². The predicted octanol–water partition coefficient (Wildman–Crippen LogP) is 4.36. The Labute approximate surface area is 107 Å². The predicted molar refractivity (Wildman–Crippen MR) is 71.4 cm³/mol. The number of carbonyl (C=O) groups is 1. The number of hydrogen-bond acceptors (Lipinski definition) is 2. The minimum absolute atomic E-state index is 0.108. The topological polar surface area (TPSA) is 17.1 Å². The van der Waals surface area contributed by atoms with Gasteiger partial charge >= 0.3 is 0 Å². The van der Waals surface area contributed by atoms with Gasteiger partial charge in [0.25, 0.3) is 0 Å². The van der Waals surface area contributed by atoms with E-state index in [0.717, 1.165) is 25.4 Å². The molecule has 0 aliphatic carbocycles. The Hall–Kier alpha value is -0.930. The zero-order valence-electron chi connectivity index (χ0n) is 9.08. The Morgan fingerprint density at radius 3 is 2.56 bits per heavy atom. The molecule has 0 amide bonds. The lowest BCUT2D eigenvalue weighted by Gasteiger charge is -2.03. The zero-order chi connectivity index (χ0) is 11.7. The zero-order valence-corrected chi connectivity index (χ0v) is 11.5. The molecule has 0 atom stereocenters. The average Bonchev–Trinajstić information content (AvgIpc) is 2.67. The molecular weight excluding hydrogens is 284 g/mol. The molecule has 16 heavy (non-hydrogen) atoms. The third-order valence-electron chi connectivity index (χ3n) is 2.41. The van der Waals surface area contributed by atoms with Crippen LogP contribution in [0.3, 0.4) is 0 Å². The van der Waals surface area contributed by atoms with Gasteiger partial charge in [-0.2, -0.15) is 0 Å². The van der Waals surface area contributed by atoms with E-state index < -0.39 is 0 Å². The van der Waals surface area contributed by atoms with Gasteiger partial charge in [0.15, 0.2) is 0 Å². The van der Waals surface area contributed by atoms with E-state index >= 15 is 0 Å². The largest absolute Gasteiger partial charge is 0.288 e. The summed E-state index contributed by atoms with van der Waals surface area (Å²) in [6, 6.07) is 9.66. The summed E-state index contributed by atoms with van der Waals surface area (Å²) in [7, 11) is 0. The van der Waals surface area contributed by atoms with Gasteiger partial charge in [-0.05, 0) is 43.7 Å². The Balaban J connectivity index is 2.45. The normalized spacial score (nSPS) is 10.4. The maximum absolute atomic E-state index is 12.2. The summed E-state index contributed by atoms with van der Waals surface area (Å²) >= 11 is 4.93. The highest BCUT2D eigenvalue weighted by molar-refractivity contribution is 9.10. The lowest BCUT2D eigenvalue weighted by Crippen LogP contribution is -2.01. The van der Waals surface area contributed by atoms with Gasteiger partial charge in [0.1, 0.15) is 0 Å². The molecule has 0 radical (unpaired) electrons. The van der Waals surface area contributed by atoms with E-state index in [0.29, 0.717) is 0 Å². The average molecular weight is 295 g/mol. The second kappa shape index (κ2) is 4.52. The Bertz CT molecular complexity index is 543. The third kappa shape index (κ3) is 2.25. The third-order valence-corrected chi connectivity index (χ3v) is 3.90. The molecule has 1 heterocycles. The van der Waals surface area contributed by atoms with E-state index in [-0.39, 0.29) is 5.78 Å². The molecule has 1 aromatic heterocycles. The van der Waals surface area contributed by atoms with Crippen LogP contribution in [0.25, 0.3) is 0 Å². The number of rotatable bonds is 2. The fourth-order valence-electron chi connectivity index (χ4n) is 1.53. The van der Waals surface area contributed by atoms with Crippen molar-refractivity contribution in [3.8, 4) is 0 Å². The van der Waals surface area contributed by atoms with E-state index in [4.69, 9.17) is 0 Å². The van der Waals surface area contributed by atoms with Crippen LogP contribution < -0.4 is 0 Å². The smallest absolute Gasteiger partial charge is 0.203 e. The van der Waals surface area contributed by atoms with Crippen LogP contribution in [0.5, 0.6) is 0 Å². The molecule has 0 bridgehead atoms. The number of thiophene rings is 1. The molecule has 2 rings (SSSR count). The molecule has 0 saturated carbocycles. The summed E-state index contributed by atoms with van der Waals surface area (Å²) in [5, 5.41) is 0. The van der Waals surface area contributed by atoms with Gasteiger partial charge in [0, 0.05) is 14.9 Å². The van der Waals surface area contributed by atoms with Gasteiger partial charge in [-0.15, -0.1) is 11.3 Å². The lowest BCUT2D eigenvalue weighted by atomic mass is 10.0. The standard InChI is InChI=1S/C13H11BrOS/c1-8-3-5-10(14)7-11(8)13(15)12-6-4-9(2)16-12/h3-7H,1-2H3. The number of carbonyl (C=O) groups excluding carboxylic acids is 1. The second-order valence-electron chi connectivity index (χ2n) is 3.70. The van der Waals surface area contributed by atoms with Crippen molar-refractivity contribution in [1.82, 2.24) is 0 Å². The Kier molecular flexibility index (Phi) is 3.26. The molecule has 1 aromatic carbocycles. The van der Waals surface area contributed by atoms with Gasteiger partial charge < -0.3 is 0 Å². The molecule has 0 N–H and O–H groups in total. The summed E-state index contributed by atoms with van der Waals surface area (Å²) in [5.74, 6) is 0.108. The number of benzene rings is 1. The molecule has 2 aromatic rings. The van der Waals surface area contributed by atoms with E-state index in [1.54, 1.807) is 11.3 Å². The molecule has 82 valence electrons. The maximum atomic E-state index is 12.2. The molecule has 0 aliphatic heterocycles. The van der Waals surface area contributed by atoms with Crippen molar-refractivity contribution in [1.29, 1.82) is 0 Å². The van der Waals surface area contributed by atoms with Crippen molar-refractivity contribution >= 4 is 33.0 Å². The van der Waals surface area contributed by atoms with Crippen molar-refractivity contribution in [3.63, 3.8) is 0 Å². The van der Waals surface area contributed by atoms with E-state index in [9.17, 15) is 4.79 Å². The number of halogens is 1. The van der Waals surface area contributed by atoms with Crippen LogP contribution in [-0.2, 0) is 0 Å². The number of aryl methyl sites for hydroxylation is 2. The van der Waals surface area contributed by atoms with E-state index in [1.165, 1.54) is 0 Å². The fourth-order valence-corrected chi connectivity index (χ4v) is 2.71. The summed E-state index contributed by atoms with van der Waals surface area (Å²) in [4.78, 5) is 14.2. The van der Waals surface area contributed by atoms with Crippen LogP contribution in [-0.4, -0.2) is 5.78 Å². The first-order valence-electron chi connectivity index (χ1n) is 4.95. The molecule has 0 aliphatic rings. The highest BCUT2D eigenvalue weighted by Gasteiger charge is 2.13. The van der Waals surface area contributed by atoms with Gasteiger partial charge in [0.05, 0.1) is 4.88 Å². The van der Waals surface area contributed by atoms with Crippen molar-refractivity contribution in [3.05, 3.63) is 55.7 Å². The molecule has 0 saturated heterocycles. The minimum atomic E-state index is 0.108. The SMILES string of the molecule is Cc1ccc(C(=O)c2cc(Br)ccc2C)s1. The number of hydrogen-bond donors (Lipinski definition) is 0. The van der Waals surface area contributed by atoms with Gasteiger partial charge in [-0.1, -0.05) is 22.0 Å². The molecule has 0 fully saturated rings. The summed E-state index contributed by atoms with van der Waals surface area (Å²) in [5.41, 5.74) is 1.79. The highest BCUT2D eigenvalue weighted by Crippen LogP contribution is 2.23. The Morgan fingerprint density at radius 1 is 1.19 bits per heavy atom. The minimum Gasteiger partial charge on any atom is -0.288 e. The number of ketones is 1. The van der Waals surface area contributed by atoms with Gasteiger partial charge in [-0.25, -0.2) is 0 Å². The van der Waals surface area contributed by atoms with Crippen molar-refractivity contribution < 1.29 is 4.79 Å². The molecule has 1 nitrogen and oxygen atoms in total. The first kappa shape index (κ1) is 11.6. The lowest BCUT2D eigenvalue weighted by molar-refractivity contribution is 0.104. The molecule has 0 spiro atoms. The van der Waals surface area contributed by atoms with Crippen molar-refractivity contribution in [2.75, 3.05) is 0 Å². The molecule has 3 heteroatoms. The van der Waals surface area contributed by atoms with Crippen LogP contribution in [0, 0.1) is 13.8 Å². The quantitative estimate of drug-likeness (QED) is 0.752. The van der Waals surface area contributed by atoms with Crippen LogP contribution in [0.4, 0.5) is 0 Å². The van der Waals surface area contributed by atoms with Crippen molar-refractivity contribution in [2.45, 2.75) is 13.8 Å². The summed E-state index contributed by atoms with van der Waals surface area (Å²) in [6.07, 6.45) is 0. The highest BCUT2D eigenvalue weighted by atomic mass is 79.9. The van der Waals surface area contributed by atoms with Gasteiger partial charge in [0.2, 0.25) is 5.78 Å². The van der Waals surface area contributed by atoms with Crippen molar-refractivity contribution in [2.24, 2.45) is 0 Å². The van der Waals surface area contributed by atoms with Crippen LogP contribution in [0.15, 0.2) is 34.8 Å². The Morgan fingerprint density at radius 2 is 1.94 bits per heavy atom. The van der Waals surface area contributed by atoms with E-state index in [2.05, 4.69) is 15.9 Å². The summed E-state index contributed by atoms with van der Waals surface area (Å²) in [6.45, 7) is 3.97. The van der Waals surface area contributed by atoms with Crippen LogP contribution in [0.1, 0.15) is 25.7 Å². The van der Waals surface area contributed by atoms with Crippen LogP contribution in [0.2, 0.25) is 0 Å². The maximum Gasteiger partial charge on any atom is 0.203 e. The second-order valence-corrected chi connectivity index (χ2v) is 5.90. The van der Waals surface area contributed by atoms with Crippen LogP contribution >= 0.6 is 27.3 Å². The van der Waals surface area contributed by atoms with E-state index in [1.807, 2.05) is 44.2 Å². The molecule has 0 unspecified atom stereocenters. The fraction of sp³-hybridized carbons (Fsp3) is 0.154.